The highest BCUT2D eigenvalue weighted by atomic mass is 19.1. The molecule has 128 valence electrons. The van der Waals surface area contributed by atoms with Crippen molar-refractivity contribution in [2.75, 3.05) is 0 Å². The Hall–Kier alpha value is -2.30. The highest BCUT2D eigenvalue weighted by Gasteiger charge is 2.20. The van der Waals surface area contributed by atoms with Gasteiger partial charge in [0.1, 0.15) is 5.82 Å². The number of hydrogen-bond donors (Lipinski definition) is 0. The van der Waals surface area contributed by atoms with Gasteiger partial charge in [-0.05, 0) is 25.1 Å². The molecule has 0 aliphatic heterocycles. The third-order valence-corrected chi connectivity index (χ3v) is 3.56. The molecule has 0 saturated carbocycles. The fourth-order valence-corrected chi connectivity index (χ4v) is 2.05. The molecule has 0 amide bonds. The molecule has 24 heavy (non-hydrogen) atoms. The zero-order valence-corrected chi connectivity index (χ0v) is 15.0. The molecular weight excluding hydrogens is 307 g/mol. The Balaban J connectivity index is 2.42. The average molecular weight is 330 g/mol. The molecule has 0 saturated heterocycles. The summed E-state index contributed by atoms with van der Waals surface area (Å²) in [5, 5.41) is 0. The average Bonchev–Trinajstić information content (AvgIpc) is 2.47. The highest BCUT2D eigenvalue weighted by molar-refractivity contribution is 5.94. The molecular formula is C19H23FN2O2. The first-order valence-corrected chi connectivity index (χ1v) is 7.95. The van der Waals surface area contributed by atoms with Crippen LogP contribution in [-0.2, 0) is 5.41 Å². The summed E-state index contributed by atoms with van der Waals surface area (Å²) in [6.07, 6.45) is 0. The molecule has 0 unspecified atom stereocenters. The molecule has 0 atom stereocenters. The number of halogens is 1. The van der Waals surface area contributed by atoms with E-state index in [1.54, 1.807) is 6.07 Å². The fourth-order valence-electron chi connectivity index (χ4n) is 2.05. The first-order valence-electron chi connectivity index (χ1n) is 7.95. The van der Waals surface area contributed by atoms with E-state index in [4.69, 9.17) is 4.74 Å². The van der Waals surface area contributed by atoms with Crippen molar-refractivity contribution in [3.05, 3.63) is 47.2 Å². The van der Waals surface area contributed by atoms with E-state index in [1.165, 1.54) is 25.1 Å². The van der Waals surface area contributed by atoms with Crippen LogP contribution < -0.4 is 4.74 Å². The maximum Gasteiger partial charge on any atom is 0.222 e. The third-order valence-electron chi connectivity index (χ3n) is 3.56. The van der Waals surface area contributed by atoms with Crippen LogP contribution in [0.5, 0.6) is 11.6 Å². The normalized spacial score (nSPS) is 11.7. The van der Waals surface area contributed by atoms with Crippen LogP contribution in [0.3, 0.4) is 0 Å². The van der Waals surface area contributed by atoms with E-state index in [0.717, 1.165) is 5.69 Å². The van der Waals surface area contributed by atoms with E-state index in [2.05, 4.69) is 9.97 Å². The summed E-state index contributed by atoms with van der Waals surface area (Å²) in [6, 6.07) is 5.88. The van der Waals surface area contributed by atoms with Gasteiger partial charge in [0.15, 0.2) is 17.3 Å². The van der Waals surface area contributed by atoms with Crippen LogP contribution in [-0.4, -0.2) is 15.8 Å². The first kappa shape index (κ1) is 18.0. The number of nitrogens with zero attached hydrogens (tertiary/aromatic N) is 2. The van der Waals surface area contributed by atoms with Crippen LogP contribution in [0.4, 0.5) is 4.39 Å². The topological polar surface area (TPSA) is 52.1 Å². The number of carbonyl (C=O) groups excluding carboxylic acids is 1. The Kier molecular flexibility index (Phi) is 5.02. The Morgan fingerprint density at radius 2 is 1.83 bits per heavy atom. The molecule has 2 rings (SSSR count). The molecule has 1 heterocycles. The van der Waals surface area contributed by atoms with E-state index in [0.29, 0.717) is 17.3 Å². The predicted molar refractivity (Wildman–Crippen MR) is 91.3 cm³/mol. The summed E-state index contributed by atoms with van der Waals surface area (Å²) in [6.45, 7) is 11.5. The quantitative estimate of drug-likeness (QED) is 0.738. The van der Waals surface area contributed by atoms with E-state index >= 15 is 0 Å². The maximum atomic E-state index is 14.2. The van der Waals surface area contributed by atoms with Crippen molar-refractivity contribution >= 4 is 5.78 Å². The van der Waals surface area contributed by atoms with Gasteiger partial charge in [0.25, 0.3) is 0 Å². The van der Waals surface area contributed by atoms with E-state index in [-0.39, 0.29) is 22.9 Å². The molecule has 0 N–H and O–H groups in total. The summed E-state index contributed by atoms with van der Waals surface area (Å²) in [4.78, 5) is 20.3. The minimum atomic E-state index is -0.593. The summed E-state index contributed by atoms with van der Waals surface area (Å²) >= 11 is 0. The smallest absolute Gasteiger partial charge is 0.222 e. The molecule has 4 nitrogen and oxygen atoms in total. The van der Waals surface area contributed by atoms with Crippen LogP contribution in [0.2, 0.25) is 0 Å². The van der Waals surface area contributed by atoms with Gasteiger partial charge < -0.3 is 4.74 Å². The van der Waals surface area contributed by atoms with Gasteiger partial charge in [-0.1, -0.05) is 34.6 Å². The van der Waals surface area contributed by atoms with Crippen LogP contribution in [0.15, 0.2) is 24.3 Å². The Morgan fingerprint density at radius 1 is 1.17 bits per heavy atom. The van der Waals surface area contributed by atoms with Crippen LogP contribution in [0.25, 0.3) is 0 Å². The standard InChI is InChI=1S/C19H23FN2O2/c1-11(2)18-21-16(19(4,5)6)10-17(22-18)24-15-8-7-13(12(3)23)9-14(15)20/h7-11H,1-6H3. The lowest BCUT2D eigenvalue weighted by atomic mass is 9.92. The molecule has 5 heteroatoms. The van der Waals surface area contributed by atoms with Gasteiger partial charge in [0, 0.05) is 23.0 Å². The van der Waals surface area contributed by atoms with E-state index in [1.807, 2.05) is 34.6 Å². The lowest BCUT2D eigenvalue weighted by Crippen LogP contribution is -2.16. The number of rotatable bonds is 4. The number of Topliss-reactive ketones (excluding diaryl/α,β-unsaturated/α-hetero) is 1. The zero-order valence-electron chi connectivity index (χ0n) is 15.0. The molecule has 0 fully saturated rings. The summed E-state index contributed by atoms with van der Waals surface area (Å²) in [5.74, 6) is 0.323. The van der Waals surface area contributed by atoms with Gasteiger partial charge >= 0.3 is 0 Å². The molecule has 0 radical (unpaired) electrons. The lowest BCUT2D eigenvalue weighted by molar-refractivity contribution is 0.101. The highest BCUT2D eigenvalue weighted by Crippen LogP contribution is 2.29. The first-order chi connectivity index (χ1) is 11.1. The summed E-state index contributed by atoms with van der Waals surface area (Å²) < 4.78 is 19.8. The summed E-state index contributed by atoms with van der Waals surface area (Å²) in [7, 11) is 0. The van der Waals surface area contributed by atoms with Crippen molar-refractivity contribution < 1.29 is 13.9 Å². The van der Waals surface area contributed by atoms with Crippen LogP contribution in [0, 0.1) is 5.82 Å². The second kappa shape index (κ2) is 6.67. The van der Waals surface area contributed by atoms with Gasteiger partial charge in [-0.25, -0.2) is 9.37 Å². The Labute approximate surface area is 142 Å². The van der Waals surface area contributed by atoms with Gasteiger partial charge in [-0.3, -0.25) is 4.79 Å². The minimum Gasteiger partial charge on any atom is -0.436 e. The van der Waals surface area contributed by atoms with Crippen molar-refractivity contribution in [2.24, 2.45) is 0 Å². The predicted octanol–water partition coefficient (Wildman–Crippen LogP) is 5.03. The third kappa shape index (κ3) is 4.16. The number of hydrogen-bond acceptors (Lipinski definition) is 4. The van der Waals surface area contributed by atoms with Gasteiger partial charge in [-0.2, -0.15) is 4.98 Å². The number of ketones is 1. The van der Waals surface area contributed by atoms with Gasteiger partial charge in [0.2, 0.25) is 5.88 Å². The minimum absolute atomic E-state index is 0.0354. The molecule has 0 aliphatic rings. The largest absolute Gasteiger partial charge is 0.436 e. The SMILES string of the molecule is CC(=O)c1ccc(Oc2cc(C(C)(C)C)nc(C(C)C)n2)c(F)c1. The number of aromatic nitrogens is 2. The van der Waals surface area contributed by atoms with Crippen LogP contribution in [0.1, 0.15) is 69.3 Å². The van der Waals surface area contributed by atoms with Crippen molar-refractivity contribution in [3.8, 4) is 11.6 Å². The van der Waals surface area contributed by atoms with Gasteiger partial charge in [0.05, 0.1) is 5.69 Å². The molecule has 1 aromatic heterocycles. The van der Waals surface area contributed by atoms with Crippen molar-refractivity contribution in [3.63, 3.8) is 0 Å². The second-order valence-electron chi connectivity index (χ2n) is 7.16. The number of ether oxygens (including phenoxy) is 1. The Bertz CT molecular complexity index is 764. The van der Waals surface area contributed by atoms with E-state index < -0.39 is 5.82 Å². The second-order valence-corrected chi connectivity index (χ2v) is 7.16. The molecule has 2 aromatic rings. The molecule has 1 aromatic carbocycles. The van der Waals surface area contributed by atoms with Crippen molar-refractivity contribution in [1.82, 2.24) is 9.97 Å². The fraction of sp³-hybridized carbons (Fsp3) is 0.421. The van der Waals surface area contributed by atoms with Gasteiger partial charge in [-0.15, -0.1) is 0 Å². The molecule has 0 bridgehead atoms. The van der Waals surface area contributed by atoms with E-state index in [9.17, 15) is 9.18 Å². The monoisotopic (exact) mass is 330 g/mol. The van der Waals surface area contributed by atoms with Crippen molar-refractivity contribution in [2.45, 2.75) is 52.9 Å². The van der Waals surface area contributed by atoms with Crippen LogP contribution >= 0.6 is 0 Å². The molecule has 0 spiro atoms. The number of benzene rings is 1. The Morgan fingerprint density at radius 3 is 2.33 bits per heavy atom. The molecule has 0 aliphatic carbocycles. The van der Waals surface area contributed by atoms with Crippen molar-refractivity contribution in [1.29, 1.82) is 0 Å². The maximum absolute atomic E-state index is 14.2. The zero-order chi connectivity index (χ0) is 18.1. The lowest BCUT2D eigenvalue weighted by Gasteiger charge is -2.20. The number of carbonyl (C=O) groups is 1. The summed E-state index contributed by atoms with van der Waals surface area (Å²) in [5.41, 5.74) is 0.958.